The first-order valence-electron chi connectivity index (χ1n) is 11.7. The average Bonchev–Trinajstić information content (AvgIpc) is 2.80. The van der Waals surface area contributed by atoms with Gasteiger partial charge in [-0.15, -0.1) is 0 Å². The van der Waals surface area contributed by atoms with Gasteiger partial charge >= 0.3 is 6.09 Å². The number of nitrogens with one attached hydrogen (secondary N) is 1. The van der Waals surface area contributed by atoms with E-state index in [4.69, 9.17) is 15.2 Å². The molecule has 178 valence electrons. The van der Waals surface area contributed by atoms with Crippen molar-refractivity contribution in [3.8, 4) is 11.5 Å². The van der Waals surface area contributed by atoms with Crippen LogP contribution >= 0.6 is 0 Å². The minimum absolute atomic E-state index is 0.0166. The maximum atomic E-state index is 12.6. The van der Waals surface area contributed by atoms with Gasteiger partial charge in [-0.1, -0.05) is 32.1 Å². The molecule has 1 fully saturated rings. The number of benzene rings is 1. The Balaban J connectivity index is 1.82. The molecule has 0 unspecified atom stereocenters. The van der Waals surface area contributed by atoms with Crippen LogP contribution in [0.25, 0.3) is 0 Å². The van der Waals surface area contributed by atoms with E-state index in [1.54, 1.807) is 17.0 Å². The number of likely N-dealkylation sites (tertiary alicyclic amines) is 1. The smallest absolute Gasteiger partial charge is 0.415 e. The molecular formula is C25H39N3O4. The summed E-state index contributed by atoms with van der Waals surface area (Å²) in [4.78, 5) is 26.5. The molecule has 1 aliphatic heterocycles. The molecule has 0 saturated carbocycles. The molecule has 7 nitrogen and oxygen atoms in total. The van der Waals surface area contributed by atoms with Gasteiger partial charge in [-0.2, -0.15) is 0 Å². The Kier molecular flexibility index (Phi) is 11.1. The molecule has 1 aliphatic rings. The Hall–Kier alpha value is -2.54. The molecule has 1 aromatic rings. The fourth-order valence-electron chi connectivity index (χ4n) is 3.75. The van der Waals surface area contributed by atoms with Gasteiger partial charge in [0.15, 0.2) is 11.5 Å². The van der Waals surface area contributed by atoms with E-state index >= 15 is 0 Å². The lowest BCUT2D eigenvalue weighted by molar-refractivity contribution is -0.121. The van der Waals surface area contributed by atoms with E-state index < -0.39 is 6.09 Å². The Labute approximate surface area is 192 Å². The second-order valence-corrected chi connectivity index (χ2v) is 8.63. The predicted octanol–water partition coefficient (Wildman–Crippen LogP) is 4.40. The van der Waals surface area contributed by atoms with Crippen molar-refractivity contribution < 1.29 is 19.1 Å². The molecule has 1 saturated heterocycles. The van der Waals surface area contributed by atoms with Crippen LogP contribution in [0, 0.1) is 5.92 Å². The predicted molar refractivity (Wildman–Crippen MR) is 127 cm³/mol. The number of ether oxygens (including phenoxy) is 2. The molecule has 1 aromatic carbocycles. The standard InChI is InChI=1S/C25H39N3O4/c1-19(2)10-6-4-5-7-12-24(29)27-18-20-13-14-22(23(16-20)31-3)32-25(30)28-15-9-8-11-21(28)17-26/h6,10,13-14,16,19,21H,4-5,7-9,11-12,15,17-18,26H2,1-3H3,(H,27,29)/t21-/m0/s1. The number of allylic oxidation sites excluding steroid dienone is 2. The van der Waals surface area contributed by atoms with Crippen molar-refractivity contribution in [1.82, 2.24) is 10.2 Å². The van der Waals surface area contributed by atoms with E-state index in [-0.39, 0.29) is 11.9 Å². The Morgan fingerprint density at radius 3 is 2.78 bits per heavy atom. The van der Waals surface area contributed by atoms with Crippen LogP contribution in [0.4, 0.5) is 4.79 Å². The summed E-state index contributed by atoms with van der Waals surface area (Å²) in [6.45, 7) is 5.79. The first kappa shape index (κ1) is 25.7. The summed E-state index contributed by atoms with van der Waals surface area (Å²) in [7, 11) is 1.53. The summed E-state index contributed by atoms with van der Waals surface area (Å²) in [6, 6.07) is 5.35. The molecule has 1 heterocycles. The van der Waals surface area contributed by atoms with E-state index in [0.717, 1.165) is 44.1 Å². The molecule has 0 aliphatic carbocycles. The van der Waals surface area contributed by atoms with Gasteiger partial charge < -0.3 is 25.4 Å². The molecule has 0 bridgehead atoms. The van der Waals surface area contributed by atoms with E-state index in [0.29, 0.717) is 43.5 Å². The average molecular weight is 446 g/mol. The molecule has 2 rings (SSSR count). The summed E-state index contributed by atoms with van der Waals surface area (Å²) < 4.78 is 11.0. The second-order valence-electron chi connectivity index (χ2n) is 8.63. The van der Waals surface area contributed by atoms with Crippen LogP contribution < -0.4 is 20.5 Å². The van der Waals surface area contributed by atoms with Crippen molar-refractivity contribution >= 4 is 12.0 Å². The first-order valence-corrected chi connectivity index (χ1v) is 11.7. The number of nitrogens with zero attached hydrogens (tertiary/aromatic N) is 1. The third-order valence-corrected chi connectivity index (χ3v) is 5.59. The van der Waals surface area contributed by atoms with Crippen LogP contribution in [0.15, 0.2) is 30.4 Å². The highest BCUT2D eigenvalue weighted by Crippen LogP contribution is 2.29. The maximum absolute atomic E-state index is 12.6. The summed E-state index contributed by atoms with van der Waals surface area (Å²) >= 11 is 0. The Bertz CT molecular complexity index is 764. The monoisotopic (exact) mass is 445 g/mol. The highest BCUT2D eigenvalue weighted by Gasteiger charge is 2.27. The van der Waals surface area contributed by atoms with Crippen LogP contribution in [0.3, 0.4) is 0 Å². The van der Waals surface area contributed by atoms with E-state index in [9.17, 15) is 9.59 Å². The summed E-state index contributed by atoms with van der Waals surface area (Å²) in [6.07, 6.45) is 10.3. The van der Waals surface area contributed by atoms with Gasteiger partial charge in [0.05, 0.1) is 7.11 Å². The number of nitrogens with two attached hydrogens (primary N) is 1. The molecular weight excluding hydrogens is 406 g/mol. The van der Waals surface area contributed by atoms with Gasteiger partial charge in [0.1, 0.15) is 0 Å². The van der Waals surface area contributed by atoms with Crippen molar-refractivity contribution in [3.05, 3.63) is 35.9 Å². The number of piperidine rings is 1. The minimum Gasteiger partial charge on any atom is -0.493 e. The quantitative estimate of drug-likeness (QED) is 0.389. The Morgan fingerprint density at radius 2 is 2.06 bits per heavy atom. The van der Waals surface area contributed by atoms with Gasteiger partial charge in [-0.3, -0.25) is 4.79 Å². The zero-order chi connectivity index (χ0) is 23.3. The molecule has 1 atom stereocenters. The summed E-state index contributed by atoms with van der Waals surface area (Å²) in [5.41, 5.74) is 6.69. The molecule has 0 radical (unpaired) electrons. The fraction of sp³-hybridized carbons (Fsp3) is 0.600. The highest BCUT2D eigenvalue weighted by atomic mass is 16.6. The van der Waals surface area contributed by atoms with Crippen molar-refractivity contribution in [3.63, 3.8) is 0 Å². The van der Waals surface area contributed by atoms with Crippen molar-refractivity contribution in [1.29, 1.82) is 0 Å². The largest absolute Gasteiger partial charge is 0.493 e. The molecule has 32 heavy (non-hydrogen) atoms. The number of rotatable bonds is 11. The first-order chi connectivity index (χ1) is 15.4. The zero-order valence-corrected chi connectivity index (χ0v) is 19.8. The van der Waals surface area contributed by atoms with Crippen LogP contribution in [0.5, 0.6) is 11.5 Å². The van der Waals surface area contributed by atoms with Gasteiger partial charge in [0.25, 0.3) is 0 Å². The van der Waals surface area contributed by atoms with Crippen LogP contribution in [0.1, 0.15) is 64.4 Å². The maximum Gasteiger partial charge on any atom is 0.415 e. The number of methoxy groups -OCH3 is 1. The van der Waals surface area contributed by atoms with E-state index in [1.165, 1.54) is 7.11 Å². The van der Waals surface area contributed by atoms with Crippen LogP contribution in [-0.4, -0.2) is 43.1 Å². The summed E-state index contributed by atoms with van der Waals surface area (Å²) in [5, 5.41) is 2.94. The second kappa shape index (κ2) is 13.8. The number of carbonyl (C=O) groups excluding carboxylic acids is 2. The number of hydrogen-bond acceptors (Lipinski definition) is 5. The summed E-state index contributed by atoms with van der Waals surface area (Å²) in [5.74, 6) is 1.43. The van der Waals surface area contributed by atoms with Gasteiger partial charge in [0, 0.05) is 32.1 Å². The van der Waals surface area contributed by atoms with E-state index in [1.807, 2.05) is 6.07 Å². The molecule has 0 aromatic heterocycles. The molecule has 3 N–H and O–H groups in total. The number of amides is 2. The normalized spacial score (nSPS) is 16.4. The van der Waals surface area contributed by atoms with Gasteiger partial charge in [-0.05, 0) is 62.1 Å². The van der Waals surface area contributed by atoms with Crippen LogP contribution in [0.2, 0.25) is 0 Å². The minimum atomic E-state index is -0.400. The van der Waals surface area contributed by atoms with Crippen molar-refractivity contribution in [2.24, 2.45) is 11.7 Å². The lowest BCUT2D eigenvalue weighted by Crippen LogP contribution is -2.48. The highest BCUT2D eigenvalue weighted by molar-refractivity contribution is 5.76. The van der Waals surface area contributed by atoms with E-state index in [2.05, 4.69) is 31.3 Å². The number of hydrogen-bond donors (Lipinski definition) is 2. The topological polar surface area (TPSA) is 93.9 Å². The lowest BCUT2D eigenvalue weighted by Gasteiger charge is -2.34. The molecule has 2 amide bonds. The number of carbonyl (C=O) groups is 2. The van der Waals surface area contributed by atoms with Gasteiger partial charge in [0.2, 0.25) is 5.91 Å². The zero-order valence-electron chi connectivity index (χ0n) is 19.8. The number of unbranched alkanes of at least 4 members (excludes halogenated alkanes) is 2. The molecule has 7 heteroatoms. The molecule has 0 spiro atoms. The van der Waals surface area contributed by atoms with Crippen LogP contribution in [-0.2, 0) is 11.3 Å². The fourth-order valence-corrected chi connectivity index (χ4v) is 3.75. The third kappa shape index (κ3) is 8.54. The van der Waals surface area contributed by atoms with Crippen molar-refractivity contribution in [2.45, 2.75) is 71.4 Å². The van der Waals surface area contributed by atoms with Crippen molar-refractivity contribution in [2.75, 3.05) is 20.2 Å². The lowest BCUT2D eigenvalue weighted by atomic mass is 10.0. The Morgan fingerprint density at radius 1 is 1.25 bits per heavy atom. The SMILES string of the molecule is COc1cc(CNC(=O)CCCCC=CC(C)C)ccc1OC(=O)N1CCCC[C@H]1CN. The van der Waals surface area contributed by atoms with Gasteiger partial charge in [-0.25, -0.2) is 4.79 Å². The third-order valence-electron chi connectivity index (χ3n) is 5.59.